The van der Waals surface area contributed by atoms with Crippen molar-refractivity contribution in [2.75, 3.05) is 25.0 Å². The summed E-state index contributed by atoms with van der Waals surface area (Å²) in [4.78, 5) is 35.1. The van der Waals surface area contributed by atoms with Crippen molar-refractivity contribution in [2.24, 2.45) is 10.6 Å². The minimum absolute atomic E-state index is 0.0605. The summed E-state index contributed by atoms with van der Waals surface area (Å²) in [5.41, 5.74) is 3.19. The summed E-state index contributed by atoms with van der Waals surface area (Å²) in [6.45, 7) is 3.81. The van der Waals surface area contributed by atoms with Crippen LogP contribution in [0.4, 0.5) is 5.82 Å². The van der Waals surface area contributed by atoms with Crippen LogP contribution in [-0.2, 0) is 17.8 Å². The van der Waals surface area contributed by atoms with Gasteiger partial charge in [-0.1, -0.05) is 29.4 Å². The Morgan fingerprint density at radius 1 is 1.16 bits per heavy atom. The predicted octanol–water partition coefficient (Wildman–Crippen LogP) is 1.32. The number of rotatable bonds is 9. The van der Waals surface area contributed by atoms with Crippen LogP contribution in [0.5, 0.6) is 0 Å². The van der Waals surface area contributed by atoms with Gasteiger partial charge >= 0.3 is 0 Å². The molecule has 0 unspecified atom stereocenters. The fourth-order valence-electron chi connectivity index (χ4n) is 5.99. The molecule has 2 fully saturated rings. The number of benzene rings is 1. The van der Waals surface area contributed by atoms with Gasteiger partial charge in [0, 0.05) is 44.3 Å². The Morgan fingerprint density at radius 2 is 1.89 bits per heavy atom. The number of nitrogens with one attached hydrogen (secondary N) is 3. The summed E-state index contributed by atoms with van der Waals surface area (Å²) in [5, 5.41) is 31.2. The third kappa shape index (κ3) is 5.94. The van der Waals surface area contributed by atoms with E-state index in [4.69, 9.17) is 5.21 Å². The lowest BCUT2D eigenvalue weighted by Crippen LogP contribution is -2.59. The summed E-state index contributed by atoms with van der Waals surface area (Å²) in [6, 6.07) is 10.4. The third-order valence-corrected chi connectivity index (χ3v) is 7.96. The van der Waals surface area contributed by atoms with Crippen LogP contribution in [0, 0.1) is 5.41 Å². The Morgan fingerprint density at radius 3 is 2.66 bits per heavy atom. The number of carbonyl (C=O) groups is 2. The van der Waals surface area contributed by atoms with Crippen LogP contribution < -0.4 is 16.0 Å². The molecule has 1 aliphatic heterocycles. The van der Waals surface area contributed by atoms with Gasteiger partial charge in [-0.2, -0.15) is 0 Å². The Hall–Kier alpha value is -3.57. The fourth-order valence-corrected chi connectivity index (χ4v) is 5.99. The molecule has 2 saturated carbocycles. The van der Waals surface area contributed by atoms with E-state index in [0.717, 1.165) is 45.2 Å². The highest BCUT2D eigenvalue weighted by atomic mass is 16.4. The van der Waals surface area contributed by atoms with Gasteiger partial charge in [-0.05, 0) is 55.6 Å². The number of fused-ring (bicyclic) bond motifs is 1. The fraction of sp³-hybridized carbons (Fsp3) is 0.519. The van der Waals surface area contributed by atoms with Gasteiger partial charge in [-0.25, -0.2) is 9.97 Å². The number of aliphatic hydroxyl groups excluding tert-OH is 1. The quantitative estimate of drug-likeness (QED) is 0.188. The zero-order valence-corrected chi connectivity index (χ0v) is 21.6. The van der Waals surface area contributed by atoms with Crippen LogP contribution in [0.3, 0.4) is 0 Å². The number of nitrogens with zero attached hydrogens (tertiary/aromatic N) is 4. The first-order valence-corrected chi connectivity index (χ1v) is 13.2. The Labute approximate surface area is 221 Å². The SMILES string of the molecule is CC(=NO)C(=O)NC1CC2(C1)CC(Nc1cc(C(=O)NC[C@H](O)CN3CCc4ccccc4C3)ncn1)C2. The molecule has 5 rings (SSSR count). The summed E-state index contributed by atoms with van der Waals surface area (Å²) in [5.74, 6) is -0.0859. The van der Waals surface area contributed by atoms with Gasteiger partial charge in [0.25, 0.3) is 11.8 Å². The van der Waals surface area contributed by atoms with Gasteiger partial charge in [0.15, 0.2) is 0 Å². The Kier molecular flexibility index (Phi) is 7.57. The lowest BCUT2D eigenvalue weighted by molar-refractivity contribution is -0.118. The molecule has 1 aromatic heterocycles. The van der Waals surface area contributed by atoms with Gasteiger partial charge in [-0.15, -0.1) is 0 Å². The number of aliphatic hydroxyl groups is 1. The molecule has 0 saturated heterocycles. The van der Waals surface area contributed by atoms with E-state index in [-0.39, 0.29) is 47.3 Å². The second kappa shape index (κ2) is 11.0. The zero-order chi connectivity index (χ0) is 26.7. The van der Waals surface area contributed by atoms with E-state index < -0.39 is 6.10 Å². The highest BCUT2D eigenvalue weighted by Crippen LogP contribution is 2.56. The van der Waals surface area contributed by atoms with Crippen LogP contribution in [0.15, 0.2) is 41.8 Å². The second-order valence-electron chi connectivity index (χ2n) is 10.9. The summed E-state index contributed by atoms with van der Waals surface area (Å²) in [6.07, 6.45) is 5.39. The van der Waals surface area contributed by atoms with Crippen LogP contribution >= 0.6 is 0 Å². The number of oxime groups is 1. The second-order valence-corrected chi connectivity index (χ2v) is 10.9. The van der Waals surface area contributed by atoms with Crippen molar-refractivity contribution in [3.8, 4) is 0 Å². The summed E-state index contributed by atoms with van der Waals surface area (Å²) >= 11 is 0. The standard InChI is InChI=1S/C27H35N7O4/c1-17(33-38)25(36)32-21-11-27(12-21)9-20(10-27)31-24-8-23(29-16-30-24)26(37)28-13-22(35)15-34-7-6-18-4-2-3-5-19(18)14-34/h2-5,8,16,20-22,35,38H,6-7,9-15H2,1H3,(H,28,37)(H,32,36)(H,29,30,31)/t20?,21?,22-,27?/m0/s1. The van der Waals surface area contributed by atoms with Gasteiger partial charge in [-0.3, -0.25) is 14.5 Å². The normalized spacial score (nSPS) is 25.5. The number of carbonyl (C=O) groups excluding carboxylic acids is 2. The molecule has 3 aliphatic rings. The van der Waals surface area contributed by atoms with Crippen molar-refractivity contribution in [1.82, 2.24) is 25.5 Å². The van der Waals surface area contributed by atoms with Crippen LogP contribution in [-0.4, -0.2) is 80.5 Å². The van der Waals surface area contributed by atoms with Crippen LogP contribution in [0.25, 0.3) is 0 Å². The minimum atomic E-state index is -0.675. The molecule has 2 aromatic rings. The molecule has 0 radical (unpaired) electrons. The van der Waals surface area contributed by atoms with Gasteiger partial charge < -0.3 is 26.3 Å². The van der Waals surface area contributed by atoms with Crippen molar-refractivity contribution in [3.05, 3.63) is 53.5 Å². The number of anilines is 1. The van der Waals surface area contributed by atoms with E-state index in [0.29, 0.717) is 12.4 Å². The van der Waals surface area contributed by atoms with Crippen molar-refractivity contribution < 1.29 is 19.9 Å². The first-order valence-electron chi connectivity index (χ1n) is 13.2. The predicted molar refractivity (Wildman–Crippen MR) is 141 cm³/mol. The third-order valence-electron chi connectivity index (χ3n) is 7.96. The van der Waals surface area contributed by atoms with Crippen molar-refractivity contribution in [1.29, 1.82) is 0 Å². The molecule has 5 N–H and O–H groups in total. The van der Waals surface area contributed by atoms with Gasteiger partial charge in [0.1, 0.15) is 23.6 Å². The zero-order valence-electron chi connectivity index (χ0n) is 21.6. The molecule has 0 bridgehead atoms. The van der Waals surface area contributed by atoms with E-state index in [1.54, 1.807) is 6.07 Å². The molecule has 11 nitrogen and oxygen atoms in total. The maximum absolute atomic E-state index is 12.7. The maximum Gasteiger partial charge on any atom is 0.270 e. The molecule has 2 heterocycles. The summed E-state index contributed by atoms with van der Waals surface area (Å²) in [7, 11) is 0. The highest BCUT2D eigenvalue weighted by Gasteiger charge is 2.53. The Balaban J connectivity index is 1.03. The number of hydrogen-bond acceptors (Lipinski definition) is 9. The lowest BCUT2D eigenvalue weighted by atomic mass is 9.52. The molecule has 1 spiro atoms. The monoisotopic (exact) mass is 521 g/mol. The summed E-state index contributed by atoms with van der Waals surface area (Å²) < 4.78 is 0. The lowest BCUT2D eigenvalue weighted by Gasteiger charge is -2.57. The van der Waals surface area contributed by atoms with Crippen molar-refractivity contribution >= 4 is 23.3 Å². The molecule has 1 aromatic carbocycles. The first kappa shape index (κ1) is 26.1. The average Bonchev–Trinajstić information content (AvgIpc) is 2.88. The molecule has 2 amide bonds. The number of amides is 2. The van der Waals surface area contributed by atoms with Crippen LogP contribution in [0.1, 0.15) is 54.2 Å². The van der Waals surface area contributed by atoms with E-state index in [1.165, 1.54) is 24.4 Å². The van der Waals surface area contributed by atoms with Crippen LogP contribution in [0.2, 0.25) is 0 Å². The topological polar surface area (TPSA) is 152 Å². The first-order chi connectivity index (χ1) is 18.3. The number of β-amino-alcohol motifs (C(OH)–C–C–N with tert-alkyl or cyclic N) is 1. The number of hydrogen-bond donors (Lipinski definition) is 5. The van der Waals surface area contributed by atoms with E-state index >= 15 is 0 Å². The molecule has 202 valence electrons. The highest BCUT2D eigenvalue weighted by molar-refractivity contribution is 6.37. The average molecular weight is 522 g/mol. The van der Waals surface area contributed by atoms with Crippen molar-refractivity contribution in [2.45, 2.75) is 63.8 Å². The maximum atomic E-state index is 12.7. The molecular formula is C27H35N7O4. The van der Waals surface area contributed by atoms with Gasteiger partial charge in [0.2, 0.25) is 0 Å². The Bertz CT molecular complexity index is 1210. The molecule has 38 heavy (non-hydrogen) atoms. The largest absolute Gasteiger partial charge is 0.410 e. The number of aromatic nitrogens is 2. The molecule has 1 atom stereocenters. The molecular weight excluding hydrogens is 486 g/mol. The smallest absolute Gasteiger partial charge is 0.270 e. The van der Waals surface area contributed by atoms with Gasteiger partial charge in [0.05, 0.1) is 6.10 Å². The van der Waals surface area contributed by atoms with E-state index in [9.17, 15) is 14.7 Å². The molecule has 2 aliphatic carbocycles. The van der Waals surface area contributed by atoms with E-state index in [1.807, 2.05) is 6.07 Å². The van der Waals surface area contributed by atoms with Crippen molar-refractivity contribution in [3.63, 3.8) is 0 Å². The molecule has 11 heteroatoms. The minimum Gasteiger partial charge on any atom is -0.410 e. The van der Waals surface area contributed by atoms with E-state index in [2.05, 4.69) is 54.2 Å².